The van der Waals surface area contributed by atoms with E-state index < -0.39 is 29.4 Å². The number of halogens is 4. The van der Waals surface area contributed by atoms with E-state index in [9.17, 15) is 0 Å². The van der Waals surface area contributed by atoms with Gasteiger partial charge in [-0.3, -0.25) is 0 Å². The van der Waals surface area contributed by atoms with Crippen LogP contribution in [-0.4, -0.2) is 6.15 Å². The molecule has 0 N–H and O–H groups in total. The fraction of sp³-hybridized carbons (Fsp3) is 0. The van der Waals surface area contributed by atoms with E-state index in [0.717, 1.165) is 11.0 Å². The van der Waals surface area contributed by atoms with Crippen molar-refractivity contribution in [3.05, 3.63) is 163 Å². The molecule has 0 aliphatic rings. The summed E-state index contributed by atoms with van der Waals surface area (Å²) in [7, 11) is 0. The third-order valence-electron chi connectivity index (χ3n) is 6.96. The van der Waals surface area contributed by atoms with E-state index in [-0.39, 0.29) is 21.9 Å². The van der Waals surface area contributed by atoms with Crippen molar-refractivity contribution < 1.29 is 22.0 Å². The standard InChI is InChI=1S/C24H16BF4.C9H7O/c26-21-13-5-1-9-17(21)25(18-10-2-6-14-22(18)27,19-11-3-7-15-23(19)28)20-12-4-8-16-24(20)29;1-2-6-9-8(4-1)5-3-7-10-9/h1-16H;1-7H/q-1;+1. The van der Waals surface area contributed by atoms with Gasteiger partial charge < -0.3 is 0 Å². The van der Waals surface area contributed by atoms with Crippen LogP contribution in [0.3, 0.4) is 0 Å². The first-order valence-corrected chi connectivity index (χ1v) is 12.4. The topological polar surface area (TPSA) is 11.3 Å². The Kier molecular flexibility index (Phi) is 7.55. The van der Waals surface area contributed by atoms with Gasteiger partial charge in [-0.25, -0.2) is 22.0 Å². The zero-order valence-electron chi connectivity index (χ0n) is 20.8. The first-order valence-electron chi connectivity index (χ1n) is 12.4. The molecule has 0 atom stereocenters. The van der Waals surface area contributed by atoms with Crippen molar-refractivity contribution in [2.24, 2.45) is 0 Å². The molecule has 0 aliphatic carbocycles. The fourth-order valence-corrected chi connectivity index (χ4v) is 5.29. The molecule has 39 heavy (non-hydrogen) atoms. The van der Waals surface area contributed by atoms with Crippen molar-refractivity contribution in [3.8, 4) is 0 Å². The Balaban J connectivity index is 0.000000257. The van der Waals surface area contributed by atoms with Gasteiger partial charge in [-0.05, 0) is 36.4 Å². The summed E-state index contributed by atoms with van der Waals surface area (Å²) in [6.45, 7) is 0. The minimum atomic E-state index is -2.82. The van der Waals surface area contributed by atoms with Gasteiger partial charge in [0.15, 0.2) is 0 Å². The van der Waals surface area contributed by atoms with E-state index in [1.807, 2.05) is 36.4 Å². The summed E-state index contributed by atoms with van der Waals surface area (Å²) in [6, 6.07) is 34.8. The van der Waals surface area contributed by atoms with Gasteiger partial charge in [-0.1, -0.05) is 84.9 Å². The number of rotatable bonds is 4. The number of hydrogen-bond donors (Lipinski definition) is 0. The van der Waals surface area contributed by atoms with E-state index in [0.29, 0.717) is 0 Å². The predicted octanol–water partition coefficient (Wildman–Crippen LogP) is 6.33. The molecule has 6 heteroatoms. The smallest absolute Gasteiger partial charge is 0.216 e. The van der Waals surface area contributed by atoms with Crippen LogP contribution in [0.2, 0.25) is 0 Å². The number of hydrogen-bond acceptors (Lipinski definition) is 0. The highest BCUT2D eigenvalue weighted by Crippen LogP contribution is 2.16. The zero-order valence-corrected chi connectivity index (χ0v) is 20.8. The van der Waals surface area contributed by atoms with Crippen molar-refractivity contribution in [2.75, 3.05) is 0 Å². The third kappa shape index (κ3) is 4.93. The van der Waals surface area contributed by atoms with Crippen LogP contribution in [-0.2, 0) is 0 Å². The molecule has 0 bridgehead atoms. The van der Waals surface area contributed by atoms with Crippen LogP contribution >= 0.6 is 0 Å². The first-order chi connectivity index (χ1) is 19.0. The fourth-order valence-electron chi connectivity index (χ4n) is 5.29. The summed E-state index contributed by atoms with van der Waals surface area (Å²) in [6.07, 6.45) is -1.13. The van der Waals surface area contributed by atoms with Crippen LogP contribution in [0.1, 0.15) is 0 Å². The Hall–Kier alpha value is -4.71. The monoisotopic (exact) mass is 522 g/mol. The van der Waals surface area contributed by atoms with Crippen LogP contribution in [0, 0.1) is 23.3 Å². The summed E-state index contributed by atoms with van der Waals surface area (Å²) >= 11 is 0. The molecule has 0 aliphatic heterocycles. The van der Waals surface area contributed by atoms with Crippen molar-refractivity contribution in [1.82, 2.24) is 0 Å². The molecule has 0 saturated heterocycles. The second-order valence-electron chi connectivity index (χ2n) is 9.10. The highest BCUT2D eigenvalue weighted by atomic mass is 19.1. The molecule has 5 aromatic carbocycles. The van der Waals surface area contributed by atoms with Gasteiger partial charge in [-0.15, -0.1) is 0 Å². The summed E-state index contributed by atoms with van der Waals surface area (Å²) < 4.78 is 66.0. The minimum Gasteiger partial charge on any atom is -0.216 e. The molecular formula is C33H23BF4O. The molecule has 0 spiro atoms. The molecule has 6 aromatic rings. The van der Waals surface area contributed by atoms with E-state index in [1.165, 1.54) is 72.8 Å². The van der Waals surface area contributed by atoms with E-state index >= 15 is 17.6 Å². The number of para-hydroxylation sites is 1. The number of fused-ring (bicyclic) bond motifs is 1. The summed E-state index contributed by atoms with van der Waals surface area (Å²) in [5.41, 5.74) is 1.02. The molecule has 0 unspecified atom stereocenters. The Labute approximate surface area is 223 Å². The van der Waals surface area contributed by atoms with E-state index in [2.05, 4.69) is 0 Å². The summed E-state index contributed by atoms with van der Waals surface area (Å²) in [5.74, 6) is -2.66. The van der Waals surface area contributed by atoms with Crippen LogP contribution in [0.15, 0.2) is 144 Å². The molecule has 1 nitrogen and oxygen atoms in total. The first kappa shape index (κ1) is 25.9. The minimum absolute atomic E-state index is 0.0211. The lowest BCUT2D eigenvalue weighted by Crippen LogP contribution is -2.77. The van der Waals surface area contributed by atoms with Crippen LogP contribution in [0.25, 0.3) is 11.0 Å². The maximum Gasteiger partial charge on any atom is 0.359 e. The lowest BCUT2D eigenvalue weighted by Gasteiger charge is -2.44. The lowest BCUT2D eigenvalue weighted by atomic mass is 9.12. The second kappa shape index (κ2) is 11.4. The molecule has 0 amide bonds. The van der Waals surface area contributed by atoms with Crippen LogP contribution in [0.4, 0.5) is 17.6 Å². The van der Waals surface area contributed by atoms with Crippen molar-refractivity contribution in [2.45, 2.75) is 0 Å². The molecular weight excluding hydrogens is 499 g/mol. The van der Waals surface area contributed by atoms with Gasteiger partial charge in [-0.2, -0.15) is 21.9 Å². The molecule has 6 rings (SSSR count). The van der Waals surface area contributed by atoms with Gasteiger partial charge in [0.25, 0.3) is 0 Å². The van der Waals surface area contributed by atoms with Crippen molar-refractivity contribution >= 4 is 39.0 Å². The lowest BCUT2D eigenvalue weighted by molar-refractivity contribution is 0.604. The Morgan fingerprint density at radius 3 is 1.10 bits per heavy atom. The zero-order chi connectivity index (χ0) is 27.2. The van der Waals surface area contributed by atoms with Gasteiger partial charge >= 0.3 is 11.8 Å². The second-order valence-corrected chi connectivity index (χ2v) is 9.10. The maximum absolute atomic E-state index is 15.2. The highest BCUT2D eigenvalue weighted by Gasteiger charge is 2.38. The normalized spacial score (nSPS) is 11.1. The third-order valence-corrected chi connectivity index (χ3v) is 6.96. The van der Waals surface area contributed by atoms with E-state index in [4.69, 9.17) is 4.42 Å². The average Bonchev–Trinajstić information content (AvgIpc) is 2.97. The van der Waals surface area contributed by atoms with Gasteiger partial charge in [0.05, 0.1) is 28.7 Å². The van der Waals surface area contributed by atoms with Crippen molar-refractivity contribution in [1.29, 1.82) is 0 Å². The SMILES string of the molecule is Fc1ccccc1[B-](c1ccccc1F)(c1ccccc1F)c1ccccc1F.c1ccc2[o+]cccc2c1. The Morgan fingerprint density at radius 2 is 0.718 bits per heavy atom. The maximum atomic E-state index is 15.2. The quantitative estimate of drug-likeness (QED) is 0.150. The number of benzene rings is 5. The Morgan fingerprint density at radius 1 is 0.385 bits per heavy atom. The molecule has 0 fully saturated rings. The molecule has 1 heterocycles. The largest absolute Gasteiger partial charge is 0.359 e. The molecule has 0 saturated carbocycles. The van der Waals surface area contributed by atoms with Gasteiger partial charge in [0.2, 0.25) is 0 Å². The van der Waals surface area contributed by atoms with Gasteiger partial charge in [0, 0.05) is 12.1 Å². The highest BCUT2D eigenvalue weighted by molar-refractivity contribution is 7.20. The molecule has 192 valence electrons. The van der Waals surface area contributed by atoms with Crippen molar-refractivity contribution in [3.63, 3.8) is 0 Å². The predicted molar refractivity (Wildman–Crippen MR) is 151 cm³/mol. The Bertz CT molecular complexity index is 1480. The van der Waals surface area contributed by atoms with E-state index in [1.54, 1.807) is 30.5 Å². The summed E-state index contributed by atoms with van der Waals surface area (Å²) in [4.78, 5) is 0. The van der Waals surface area contributed by atoms with Gasteiger partial charge in [0.1, 0.15) is 6.15 Å². The summed E-state index contributed by atoms with van der Waals surface area (Å²) in [5, 5.41) is 1.14. The van der Waals surface area contributed by atoms with Crippen LogP contribution in [0.5, 0.6) is 0 Å². The molecule has 0 radical (unpaired) electrons. The van der Waals surface area contributed by atoms with Crippen LogP contribution < -0.4 is 21.9 Å². The average molecular weight is 522 g/mol. The molecule has 1 aromatic heterocycles.